The van der Waals surface area contributed by atoms with Crippen LogP contribution < -0.4 is 5.32 Å². The van der Waals surface area contributed by atoms with Gasteiger partial charge in [-0.15, -0.1) is 0 Å². The summed E-state index contributed by atoms with van der Waals surface area (Å²) >= 11 is 12.2. The number of anilines is 1. The van der Waals surface area contributed by atoms with E-state index in [1.807, 2.05) is 19.1 Å². The summed E-state index contributed by atoms with van der Waals surface area (Å²) in [5, 5.41) is 15.1. The number of carbonyl (C=O) groups excluding carboxylic acids is 1. The van der Waals surface area contributed by atoms with Crippen molar-refractivity contribution in [2.75, 3.05) is 18.4 Å². The molecule has 0 aliphatic carbocycles. The Labute approximate surface area is 173 Å². The summed E-state index contributed by atoms with van der Waals surface area (Å²) in [7, 11) is 0. The Morgan fingerprint density at radius 3 is 2.79 bits per heavy atom. The Hall–Kier alpha value is -2.15. The molecule has 1 amide bonds. The fourth-order valence-corrected chi connectivity index (χ4v) is 3.87. The number of piperidine rings is 1. The summed E-state index contributed by atoms with van der Waals surface area (Å²) in [4.78, 5) is 25.5. The van der Waals surface area contributed by atoms with Crippen LogP contribution in [0.1, 0.15) is 24.0 Å². The van der Waals surface area contributed by atoms with Crippen molar-refractivity contribution in [3.63, 3.8) is 0 Å². The Bertz CT molecular complexity index is 904. The summed E-state index contributed by atoms with van der Waals surface area (Å²) in [6, 6.07) is 9.91. The third-order valence-corrected chi connectivity index (χ3v) is 5.56. The minimum absolute atomic E-state index is 0.0384. The van der Waals surface area contributed by atoms with Crippen molar-refractivity contribution in [3.05, 3.63) is 67.7 Å². The van der Waals surface area contributed by atoms with Crippen LogP contribution in [0.15, 0.2) is 36.4 Å². The van der Waals surface area contributed by atoms with E-state index in [2.05, 4.69) is 10.2 Å². The molecule has 1 aliphatic heterocycles. The van der Waals surface area contributed by atoms with E-state index in [4.69, 9.17) is 23.2 Å². The second kappa shape index (κ2) is 8.90. The quantitative estimate of drug-likeness (QED) is 0.540. The van der Waals surface area contributed by atoms with Crippen molar-refractivity contribution in [2.45, 2.75) is 26.3 Å². The zero-order chi connectivity index (χ0) is 20.3. The van der Waals surface area contributed by atoms with Crippen LogP contribution in [0, 0.1) is 23.0 Å². The molecular weight excluding hydrogens is 401 g/mol. The van der Waals surface area contributed by atoms with Gasteiger partial charge in [0.1, 0.15) is 0 Å². The zero-order valence-corrected chi connectivity index (χ0v) is 17.0. The number of non-ortho nitro benzene ring substituents is 1. The largest absolute Gasteiger partial charge is 0.325 e. The molecule has 1 atom stereocenters. The fourth-order valence-electron chi connectivity index (χ4n) is 3.40. The zero-order valence-electron chi connectivity index (χ0n) is 15.5. The van der Waals surface area contributed by atoms with Crippen molar-refractivity contribution in [3.8, 4) is 0 Å². The topological polar surface area (TPSA) is 75.5 Å². The number of hydrogen-bond donors (Lipinski definition) is 1. The second-order valence-electron chi connectivity index (χ2n) is 7.06. The van der Waals surface area contributed by atoms with Gasteiger partial charge in [-0.2, -0.15) is 0 Å². The lowest BCUT2D eigenvalue weighted by atomic mass is 9.96. The van der Waals surface area contributed by atoms with Crippen molar-refractivity contribution in [1.29, 1.82) is 0 Å². The average Bonchev–Trinajstić information content (AvgIpc) is 2.66. The van der Waals surface area contributed by atoms with Crippen molar-refractivity contribution < 1.29 is 9.72 Å². The molecule has 0 aromatic heterocycles. The summed E-state index contributed by atoms with van der Waals surface area (Å²) in [5.74, 6) is -0.297. The predicted molar refractivity (Wildman–Crippen MR) is 111 cm³/mol. The highest BCUT2D eigenvalue weighted by Crippen LogP contribution is 2.27. The van der Waals surface area contributed by atoms with E-state index >= 15 is 0 Å². The third kappa shape index (κ3) is 5.01. The van der Waals surface area contributed by atoms with Crippen LogP contribution in [0.2, 0.25) is 10.0 Å². The Morgan fingerprint density at radius 1 is 1.29 bits per heavy atom. The number of benzene rings is 2. The number of halogens is 2. The fraction of sp³-hybridized carbons (Fsp3) is 0.350. The maximum atomic E-state index is 12.8. The number of nitrogens with zero attached hydrogens (tertiary/aromatic N) is 2. The molecule has 1 fully saturated rings. The smallest absolute Gasteiger partial charge is 0.271 e. The van der Waals surface area contributed by atoms with Crippen LogP contribution in [0.5, 0.6) is 0 Å². The molecule has 0 saturated carbocycles. The predicted octanol–water partition coefficient (Wildman–Crippen LogP) is 5.06. The summed E-state index contributed by atoms with van der Waals surface area (Å²) in [5.41, 5.74) is 2.21. The van der Waals surface area contributed by atoms with E-state index in [0.717, 1.165) is 30.5 Å². The van der Waals surface area contributed by atoms with Gasteiger partial charge in [-0.25, -0.2) is 0 Å². The number of amides is 1. The highest BCUT2D eigenvalue weighted by atomic mass is 35.5. The molecule has 6 nitrogen and oxygen atoms in total. The Kier molecular flexibility index (Phi) is 6.54. The minimum Gasteiger partial charge on any atom is -0.325 e. The Morgan fingerprint density at radius 2 is 2.07 bits per heavy atom. The number of carbonyl (C=O) groups is 1. The van der Waals surface area contributed by atoms with Gasteiger partial charge in [0, 0.05) is 35.3 Å². The maximum Gasteiger partial charge on any atom is 0.271 e. The van der Waals surface area contributed by atoms with Crippen molar-refractivity contribution >= 4 is 40.5 Å². The molecule has 0 bridgehead atoms. The summed E-state index contributed by atoms with van der Waals surface area (Å²) in [6.07, 6.45) is 1.68. The molecule has 1 aliphatic rings. The molecule has 8 heteroatoms. The molecule has 1 saturated heterocycles. The van der Waals surface area contributed by atoms with Crippen LogP contribution in [-0.4, -0.2) is 28.8 Å². The van der Waals surface area contributed by atoms with Gasteiger partial charge < -0.3 is 5.32 Å². The normalized spacial score (nSPS) is 17.3. The number of rotatable bonds is 5. The van der Waals surface area contributed by atoms with E-state index in [0.29, 0.717) is 28.8 Å². The molecule has 2 aromatic rings. The monoisotopic (exact) mass is 421 g/mol. The van der Waals surface area contributed by atoms with Crippen molar-refractivity contribution in [1.82, 2.24) is 4.90 Å². The van der Waals surface area contributed by atoms with Gasteiger partial charge in [0.2, 0.25) is 5.91 Å². The number of nitro benzene ring substituents is 1. The minimum atomic E-state index is -0.465. The lowest BCUT2D eigenvalue weighted by Crippen LogP contribution is -2.40. The lowest BCUT2D eigenvalue weighted by Gasteiger charge is -2.32. The SMILES string of the molecule is Cc1ccc([N+](=O)[O-])cc1NC(=O)C1CCCN(Cc2ccc(Cl)cc2Cl)C1. The molecule has 1 unspecified atom stereocenters. The maximum absolute atomic E-state index is 12.8. The first kappa shape index (κ1) is 20.6. The van der Waals surface area contributed by atoms with E-state index in [1.165, 1.54) is 12.1 Å². The molecule has 148 valence electrons. The van der Waals surface area contributed by atoms with Gasteiger partial charge in [0.25, 0.3) is 5.69 Å². The number of aryl methyl sites for hydroxylation is 1. The van der Waals surface area contributed by atoms with Gasteiger partial charge in [0.05, 0.1) is 16.5 Å². The number of likely N-dealkylation sites (tertiary alicyclic amines) is 1. The molecule has 2 aromatic carbocycles. The van der Waals surface area contributed by atoms with Crippen LogP contribution in [0.4, 0.5) is 11.4 Å². The third-order valence-electron chi connectivity index (χ3n) is 4.98. The molecule has 28 heavy (non-hydrogen) atoms. The van der Waals surface area contributed by atoms with Gasteiger partial charge >= 0.3 is 0 Å². The van der Waals surface area contributed by atoms with Crippen molar-refractivity contribution in [2.24, 2.45) is 5.92 Å². The van der Waals surface area contributed by atoms with E-state index in [-0.39, 0.29) is 17.5 Å². The lowest BCUT2D eigenvalue weighted by molar-refractivity contribution is -0.384. The van der Waals surface area contributed by atoms with Gasteiger partial charge in [-0.1, -0.05) is 35.3 Å². The molecular formula is C20H21Cl2N3O3. The molecule has 3 rings (SSSR count). The van der Waals surface area contributed by atoms with Gasteiger partial charge in [0.15, 0.2) is 0 Å². The molecule has 1 N–H and O–H groups in total. The van der Waals surface area contributed by atoms with Gasteiger partial charge in [-0.05, 0) is 49.6 Å². The van der Waals surface area contributed by atoms with Gasteiger partial charge in [-0.3, -0.25) is 19.8 Å². The Balaban J connectivity index is 1.66. The highest BCUT2D eigenvalue weighted by molar-refractivity contribution is 6.35. The average molecular weight is 422 g/mol. The van der Waals surface area contributed by atoms with E-state index < -0.39 is 4.92 Å². The van der Waals surface area contributed by atoms with E-state index in [9.17, 15) is 14.9 Å². The van der Waals surface area contributed by atoms with Crippen LogP contribution in [-0.2, 0) is 11.3 Å². The molecule has 0 spiro atoms. The van der Waals surface area contributed by atoms with Crippen LogP contribution in [0.3, 0.4) is 0 Å². The first-order valence-electron chi connectivity index (χ1n) is 9.05. The standard InChI is InChI=1S/C20H21Cl2N3O3/c1-13-4-7-17(25(27)28)10-19(13)23-20(26)15-3-2-8-24(12-15)11-14-5-6-16(21)9-18(14)22/h4-7,9-10,15H,2-3,8,11-12H2,1H3,(H,23,26). The van der Waals surface area contributed by atoms with Crippen LogP contribution in [0.25, 0.3) is 0 Å². The number of hydrogen-bond acceptors (Lipinski definition) is 4. The molecule has 1 heterocycles. The first-order chi connectivity index (χ1) is 13.3. The highest BCUT2D eigenvalue weighted by Gasteiger charge is 2.27. The van der Waals surface area contributed by atoms with Crippen LogP contribution >= 0.6 is 23.2 Å². The number of nitro groups is 1. The number of nitrogens with one attached hydrogen (secondary N) is 1. The summed E-state index contributed by atoms with van der Waals surface area (Å²) < 4.78 is 0. The second-order valence-corrected chi connectivity index (χ2v) is 7.90. The summed E-state index contributed by atoms with van der Waals surface area (Å²) in [6.45, 7) is 3.96. The van der Waals surface area contributed by atoms with E-state index in [1.54, 1.807) is 12.1 Å². The first-order valence-corrected chi connectivity index (χ1v) is 9.81. The molecule has 0 radical (unpaired) electrons.